The quantitative estimate of drug-likeness (QED) is 0.276. The van der Waals surface area contributed by atoms with E-state index in [1.165, 1.54) is 24.4 Å². The molecule has 2 fully saturated rings. The third-order valence-corrected chi connectivity index (χ3v) is 8.96. The number of sulfonamides is 1. The summed E-state index contributed by atoms with van der Waals surface area (Å²) in [6.07, 6.45) is 5.18. The molecule has 36 heavy (non-hydrogen) atoms. The van der Waals surface area contributed by atoms with Crippen molar-refractivity contribution in [2.75, 3.05) is 25.1 Å². The molecular formula is C23H30ClN5O6S. The topological polar surface area (TPSA) is 168 Å². The third kappa shape index (κ3) is 5.28. The van der Waals surface area contributed by atoms with Crippen LogP contribution in [0.4, 0.5) is 5.82 Å². The molecule has 1 aliphatic carbocycles. The highest BCUT2D eigenvalue weighted by molar-refractivity contribution is 7.89. The largest absolute Gasteiger partial charge is 0.480 e. The number of rotatable bonds is 9. The van der Waals surface area contributed by atoms with Gasteiger partial charge in [0.25, 0.3) is 0 Å². The maximum atomic E-state index is 14.0. The van der Waals surface area contributed by atoms with Crippen molar-refractivity contribution in [1.29, 1.82) is 5.41 Å². The van der Waals surface area contributed by atoms with Crippen LogP contribution >= 0.6 is 11.6 Å². The zero-order valence-electron chi connectivity index (χ0n) is 19.7. The Morgan fingerprint density at radius 1 is 1.31 bits per heavy atom. The van der Waals surface area contributed by atoms with E-state index in [0.717, 1.165) is 17.1 Å². The summed E-state index contributed by atoms with van der Waals surface area (Å²) in [5.74, 6) is -1.39. The summed E-state index contributed by atoms with van der Waals surface area (Å²) in [5.41, 5.74) is 3.89. The number of hydrogen-bond donors (Lipinski definition) is 4. The van der Waals surface area contributed by atoms with Crippen LogP contribution in [-0.2, 0) is 24.3 Å². The van der Waals surface area contributed by atoms with Gasteiger partial charge in [-0.3, -0.25) is 10.2 Å². The fourth-order valence-corrected chi connectivity index (χ4v) is 6.92. The number of aliphatic carboxylic acids is 1. The van der Waals surface area contributed by atoms with Gasteiger partial charge in [-0.05, 0) is 44.2 Å². The molecule has 2 aromatic rings. The van der Waals surface area contributed by atoms with Gasteiger partial charge in [0.05, 0.1) is 16.5 Å². The van der Waals surface area contributed by atoms with E-state index in [4.69, 9.17) is 32.2 Å². The Hall–Kier alpha value is -2.51. The van der Waals surface area contributed by atoms with Crippen molar-refractivity contribution in [1.82, 2.24) is 9.29 Å². The predicted octanol–water partition coefficient (Wildman–Crippen LogP) is 3.12. The number of carbonyl (C=O) groups is 1. The Kier molecular flexibility index (Phi) is 8.00. The number of carboxylic acids is 1. The van der Waals surface area contributed by atoms with Crippen molar-refractivity contribution in [2.45, 2.75) is 61.7 Å². The van der Waals surface area contributed by atoms with Crippen molar-refractivity contribution in [3.05, 3.63) is 29.4 Å². The third-order valence-electron chi connectivity index (χ3n) is 6.69. The van der Waals surface area contributed by atoms with E-state index in [1.54, 1.807) is 0 Å². The highest BCUT2D eigenvalue weighted by atomic mass is 35.5. The van der Waals surface area contributed by atoms with Gasteiger partial charge in [-0.2, -0.15) is 4.31 Å². The lowest BCUT2D eigenvalue weighted by atomic mass is 9.98. The number of aromatic nitrogens is 1. The average Bonchev–Trinajstić information content (AvgIpc) is 3.35. The maximum Gasteiger partial charge on any atom is 0.325 e. The summed E-state index contributed by atoms with van der Waals surface area (Å²) < 4.78 is 40.4. The van der Waals surface area contributed by atoms with Crippen molar-refractivity contribution in [3.63, 3.8) is 0 Å². The number of carboxylic acid groups (broad SMARTS) is 1. The second kappa shape index (κ2) is 10.9. The molecule has 1 aromatic carbocycles. The number of pyridine rings is 1. The molecule has 1 aromatic heterocycles. The number of fused-ring (bicyclic) bond motifs is 1. The molecule has 2 heterocycles. The minimum Gasteiger partial charge on any atom is -0.480 e. The Labute approximate surface area is 214 Å². The Balaban J connectivity index is 1.73. The van der Waals surface area contributed by atoms with Crippen LogP contribution in [0.5, 0.6) is 0 Å². The molecule has 0 bridgehead atoms. The number of benzene rings is 1. The molecule has 0 radical (unpaired) electrons. The van der Waals surface area contributed by atoms with Gasteiger partial charge in [0.2, 0.25) is 10.0 Å². The Bertz CT molecular complexity index is 1250. The Morgan fingerprint density at radius 3 is 2.69 bits per heavy atom. The summed E-state index contributed by atoms with van der Waals surface area (Å²) in [6.45, 7) is 0.436. The summed E-state index contributed by atoms with van der Waals surface area (Å²) in [4.78, 5) is 16.5. The monoisotopic (exact) mass is 539 g/mol. The molecule has 1 aliphatic heterocycles. The Morgan fingerprint density at radius 2 is 2.06 bits per heavy atom. The van der Waals surface area contributed by atoms with Gasteiger partial charge in [-0.15, -0.1) is 0 Å². The molecule has 1 saturated carbocycles. The zero-order chi connectivity index (χ0) is 25.9. The molecule has 4 rings (SSSR count). The lowest BCUT2D eigenvalue weighted by molar-refractivity contribution is -0.165. The summed E-state index contributed by atoms with van der Waals surface area (Å²) in [6, 6.07) is 4.30. The van der Waals surface area contributed by atoms with Gasteiger partial charge in [0.15, 0.2) is 12.2 Å². The van der Waals surface area contributed by atoms with E-state index < -0.39 is 27.8 Å². The number of nitrogens with zero attached hydrogens (tertiary/aromatic N) is 2. The van der Waals surface area contributed by atoms with E-state index in [9.17, 15) is 18.3 Å². The number of guanidine groups is 1. The molecular weight excluding hydrogens is 510 g/mol. The van der Waals surface area contributed by atoms with Crippen LogP contribution in [-0.4, -0.2) is 66.3 Å². The zero-order valence-corrected chi connectivity index (χ0v) is 21.3. The van der Waals surface area contributed by atoms with Crippen LogP contribution in [0.3, 0.4) is 0 Å². The smallest absolute Gasteiger partial charge is 0.325 e. The molecule has 0 amide bonds. The van der Waals surface area contributed by atoms with Crippen LogP contribution < -0.4 is 11.1 Å². The van der Waals surface area contributed by atoms with Crippen molar-refractivity contribution < 1.29 is 27.8 Å². The molecule has 11 nitrogen and oxygen atoms in total. The lowest BCUT2D eigenvalue weighted by Crippen LogP contribution is -2.56. The summed E-state index contributed by atoms with van der Waals surface area (Å²) >= 11 is 6.26. The average molecular weight is 540 g/mol. The highest BCUT2D eigenvalue weighted by Crippen LogP contribution is 2.40. The second-order valence-electron chi connectivity index (χ2n) is 8.99. The molecule has 1 atom stereocenters. The van der Waals surface area contributed by atoms with E-state index >= 15 is 0 Å². The minimum atomic E-state index is -4.29. The number of nitrogens with one attached hydrogen (secondary N) is 2. The normalized spacial score (nSPS) is 20.0. The van der Waals surface area contributed by atoms with Gasteiger partial charge in [0.1, 0.15) is 11.4 Å². The number of ether oxygens (including phenoxy) is 2. The van der Waals surface area contributed by atoms with Crippen molar-refractivity contribution >= 4 is 50.1 Å². The van der Waals surface area contributed by atoms with Crippen LogP contribution in [0.1, 0.15) is 44.9 Å². The van der Waals surface area contributed by atoms with Crippen LogP contribution in [0, 0.1) is 5.41 Å². The molecule has 196 valence electrons. The van der Waals surface area contributed by atoms with Crippen molar-refractivity contribution in [2.24, 2.45) is 5.73 Å². The maximum absolute atomic E-state index is 14.0. The molecule has 5 N–H and O–H groups in total. The number of hydrogen-bond acceptors (Lipinski definition) is 7. The van der Waals surface area contributed by atoms with Crippen LogP contribution in [0.25, 0.3) is 10.8 Å². The number of anilines is 1. The first-order valence-electron chi connectivity index (χ1n) is 11.8. The highest BCUT2D eigenvalue weighted by Gasteiger charge is 2.51. The first kappa shape index (κ1) is 26.6. The number of nitrogens with two attached hydrogens (primary N) is 1. The first-order valence-corrected chi connectivity index (χ1v) is 13.7. The van der Waals surface area contributed by atoms with Crippen LogP contribution in [0.15, 0.2) is 29.3 Å². The summed E-state index contributed by atoms with van der Waals surface area (Å²) in [5, 5.41) is 21.4. The second-order valence-corrected chi connectivity index (χ2v) is 11.3. The number of halogens is 1. The fraction of sp³-hybridized carbons (Fsp3) is 0.522. The predicted molar refractivity (Wildman–Crippen MR) is 135 cm³/mol. The first-order chi connectivity index (χ1) is 17.1. The molecule has 2 aliphatic rings. The van der Waals surface area contributed by atoms with Gasteiger partial charge >= 0.3 is 5.97 Å². The van der Waals surface area contributed by atoms with Crippen LogP contribution in [0.2, 0.25) is 5.02 Å². The van der Waals surface area contributed by atoms with E-state index in [1.807, 2.05) is 0 Å². The van der Waals surface area contributed by atoms with Gasteiger partial charge in [-0.25, -0.2) is 13.4 Å². The lowest BCUT2D eigenvalue weighted by Gasteiger charge is -2.37. The molecule has 13 heteroatoms. The van der Waals surface area contributed by atoms with E-state index in [2.05, 4.69) is 10.3 Å². The summed E-state index contributed by atoms with van der Waals surface area (Å²) in [7, 11) is -4.29. The standard InChI is InChI=1S/C23H30ClN5O6S/c24-18-14-27-20(28-22(25)26)17-13-15(6-7-16(17)18)36(32,33)29(23(21(30)31)8-2-3-9-23)10-12-35-19-5-1-4-11-34-19/h6-7,13-14,19H,1-5,8-12H2,(H,30,31)(H4,25,26,27,28). The van der Waals surface area contributed by atoms with Crippen molar-refractivity contribution in [3.8, 4) is 0 Å². The SMILES string of the molecule is N=C(N)Nc1ncc(Cl)c2ccc(S(=O)(=O)N(CCOC3CCCCO3)C3(C(=O)O)CCCC3)cc12. The minimum absolute atomic E-state index is 0.00294. The molecule has 1 saturated heterocycles. The fourth-order valence-electron chi connectivity index (χ4n) is 4.91. The van der Waals surface area contributed by atoms with Gasteiger partial charge in [-0.1, -0.05) is 30.5 Å². The van der Waals surface area contributed by atoms with E-state index in [0.29, 0.717) is 41.7 Å². The van der Waals surface area contributed by atoms with E-state index in [-0.39, 0.29) is 42.7 Å². The molecule has 1 unspecified atom stereocenters. The molecule has 0 spiro atoms. The van der Waals surface area contributed by atoms with Gasteiger partial charge in [0, 0.05) is 30.1 Å². The van der Waals surface area contributed by atoms with Gasteiger partial charge < -0.3 is 25.6 Å².